The van der Waals surface area contributed by atoms with E-state index in [9.17, 15) is 14.4 Å². The Kier molecular flexibility index (Phi) is 7.28. The summed E-state index contributed by atoms with van der Waals surface area (Å²) in [6.07, 6.45) is 4.77. The Labute approximate surface area is 205 Å². The van der Waals surface area contributed by atoms with E-state index < -0.39 is 17.3 Å². The number of ether oxygens (including phenoxy) is 2. The highest BCUT2D eigenvalue weighted by Gasteiger charge is 2.61. The van der Waals surface area contributed by atoms with Crippen molar-refractivity contribution in [3.05, 3.63) is 65.3 Å². The van der Waals surface area contributed by atoms with E-state index in [1.54, 1.807) is 18.1 Å². The van der Waals surface area contributed by atoms with E-state index in [-0.39, 0.29) is 24.8 Å². The number of aryl methyl sites for hydroxylation is 1. The van der Waals surface area contributed by atoms with Gasteiger partial charge in [-0.1, -0.05) is 24.6 Å². The molecule has 0 radical (unpaired) electrons. The number of esters is 1. The Bertz CT molecular complexity index is 1120. The summed E-state index contributed by atoms with van der Waals surface area (Å²) in [5.74, 6) is 0.269. The number of hydrogen-bond donors (Lipinski definition) is 1. The molecule has 0 saturated carbocycles. The summed E-state index contributed by atoms with van der Waals surface area (Å²) in [6.45, 7) is 2.36. The van der Waals surface area contributed by atoms with Crippen LogP contribution in [0.4, 0.5) is 0 Å². The molecule has 2 atom stereocenters. The molecule has 2 aromatic rings. The van der Waals surface area contributed by atoms with E-state index in [0.717, 1.165) is 36.3 Å². The summed E-state index contributed by atoms with van der Waals surface area (Å²) in [5, 5.41) is 2.83. The second-order valence-electron chi connectivity index (χ2n) is 9.12. The van der Waals surface area contributed by atoms with Crippen molar-refractivity contribution in [3.63, 3.8) is 0 Å². The number of likely N-dealkylation sites (tertiary alicyclic amines) is 1. The van der Waals surface area contributed by atoms with E-state index in [2.05, 4.69) is 5.32 Å². The summed E-state index contributed by atoms with van der Waals surface area (Å²) in [6, 6.07) is 11.1. The van der Waals surface area contributed by atoms with Crippen molar-refractivity contribution in [1.29, 1.82) is 0 Å². The van der Waals surface area contributed by atoms with Crippen LogP contribution in [-0.2, 0) is 32.2 Å². The topological polar surface area (TPSA) is 98.1 Å². The molecule has 1 fully saturated rings. The average molecular weight is 481 g/mol. The quantitative estimate of drug-likeness (QED) is 0.576. The van der Waals surface area contributed by atoms with Gasteiger partial charge >= 0.3 is 5.97 Å². The fraction of sp³-hybridized carbons (Fsp3) is 0.444. The van der Waals surface area contributed by atoms with Crippen LogP contribution < -0.4 is 10.1 Å². The Balaban J connectivity index is 1.62. The highest BCUT2D eigenvalue weighted by molar-refractivity contribution is 5.98. The Hall–Kier alpha value is -3.55. The smallest absolute Gasteiger partial charge is 0.318 e. The number of amides is 2. The second-order valence-corrected chi connectivity index (χ2v) is 9.12. The van der Waals surface area contributed by atoms with Crippen LogP contribution in [0.3, 0.4) is 0 Å². The number of hydrogen-bond acceptors (Lipinski definition) is 6. The minimum Gasteiger partial charge on any atom is -0.497 e. The van der Waals surface area contributed by atoms with Gasteiger partial charge < -0.3 is 24.1 Å². The van der Waals surface area contributed by atoms with Crippen molar-refractivity contribution >= 4 is 17.8 Å². The third kappa shape index (κ3) is 4.83. The van der Waals surface area contributed by atoms with Gasteiger partial charge in [-0.25, -0.2) is 0 Å². The fourth-order valence-corrected chi connectivity index (χ4v) is 5.21. The van der Waals surface area contributed by atoms with Crippen LogP contribution in [0.2, 0.25) is 0 Å². The molecule has 2 aliphatic rings. The molecule has 2 heterocycles. The SMILES string of the molecule is COC(=O)[C@]12CCCCC=C1N(Cc1ccc(OC)cc1)C(=O)[C@@H]2CC(=O)NCc1ccc(C)o1. The number of methoxy groups -OCH3 is 2. The molecule has 186 valence electrons. The van der Waals surface area contributed by atoms with Gasteiger partial charge in [0.2, 0.25) is 11.8 Å². The highest BCUT2D eigenvalue weighted by atomic mass is 16.5. The number of allylic oxidation sites excluding steroid dienone is 1. The van der Waals surface area contributed by atoms with Crippen molar-refractivity contribution in [3.8, 4) is 5.75 Å². The molecule has 1 aliphatic carbocycles. The first-order chi connectivity index (χ1) is 16.9. The zero-order valence-corrected chi connectivity index (χ0v) is 20.5. The number of carbonyl (C=O) groups is 3. The lowest BCUT2D eigenvalue weighted by Crippen LogP contribution is -2.41. The van der Waals surface area contributed by atoms with Crippen molar-refractivity contribution in [2.75, 3.05) is 14.2 Å². The van der Waals surface area contributed by atoms with Crippen molar-refractivity contribution in [2.45, 2.75) is 52.1 Å². The normalized spacial score (nSPS) is 21.7. The summed E-state index contributed by atoms with van der Waals surface area (Å²) >= 11 is 0. The van der Waals surface area contributed by atoms with Crippen LogP contribution in [0.1, 0.15) is 49.2 Å². The summed E-state index contributed by atoms with van der Waals surface area (Å²) < 4.78 is 16.0. The second kappa shape index (κ2) is 10.4. The van der Waals surface area contributed by atoms with E-state index in [0.29, 0.717) is 24.4 Å². The minimum absolute atomic E-state index is 0.107. The standard InChI is InChI=1S/C27H32N2O6/c1-18-8-11-21(35-18)16-28-24(30)15-22-25(31)29(17-19-9-12-20(33-2)13-10-19)23-7-5-4-6-14-27(22,23)26(32)34-3/h7-13,22H,4-6,14-17H2,1-3H3,(H,28,30)/t22-,27-/m0/s1. The van der Waals surface area contributed by atoms with Gasteiger partial charge in [0.25, 0.3) is 0 Å². The third-order valence-corrected chi connectivity index (χ3v) is 6.96. The van der Waals surface area contributed by atoms with Crippen molar-refractivity contribution < 1.29 is 28.3 Å². The van der Waals surface area contributed by atoms with E-state index in [4.69, 9.17) is 13.9 Å². The van der Waals surface area contributed by atoms with Crippen LogP contribution in [0.15, 0.2) is 52.6 Å². The molecule has 0 spiro atoms. The molecule has 0 unspecified atom stereocenters. The van der Waals surface area contributed by atoms with Gasteiger partial charge in [-0.3, -0.25) is 14.4 Å². The van der Waals surface area contributed by atoms with Gasteiger partial charge in [-0.05, 0) is 56.0 Å². The number of furan rings is 1. The predicted molar refractivity (Wildman–Crippen MR) is 128 cm³/mol. The van der Waals surface area contributed by atoms with E-state index in [1.807, 2.05) is 43.3 Å². The molecule has 0 bridgehead atoms. The lowest BCUT2D eigenvalue weighted by molar-refractivity contribution is -0.155. The first-order valence-electron chi connectivity index (χ1n) is 11.9. The Morgan fingerprint density at radius 3 is 2.57 bits per heavy atom. The first kappa shape index (κ1) is 24.6. The zero-order valence-electron chi connectivity index (χ0n) is 20.5. The van der Waals surface area contributed by atoms with Crippen LogP contribution in [0.5, 0.6) is 5.75 Å². The molecule has 35 heavy (non-hydrogen) atoms. The number of carbonyl (C=O) groups excluding carboxylic acids is 3. The summed E-state index contributed by atoms with van der Waals surface area (Å²) in [5.41, 5.74) is 0.386. The van der Waals surface area contributed by atoms with Gasteiger partial charge in [0.15, 0.2) is 0 Å². The van der Waals surface area contributed by atoms with Gasteiger partial charge in [-0.15, -0.1) is 0 Å². The molecule has 8 heteroatoms. The molecule has 2 amide bonds. The Morgan fingerprint density at radius 2 is 1.91 bits per heavy atom. The number of nitrogens with zero attached hydrogens (tertiary/aromatic N) is 1. The number of rotatable bonds is 8. The minimum atomic E-state index is -1.17. The maximum Gasteiger partial charge on any atom is 0.318 e. The molecule has 8 nitrogen and oxygen atoms in total. The fourth-order valence-electron chi connectivity index (χ4n) is 5.21. The van der Waals surface area contributed by atoms with Gasteiger partial charge in [0.1, 0.15) is 22.7 Å². The maximum absolute atomic E-state index is 13.8. The van der Waals surface area contributed by atoms with Crippen LogP contribution >= 0.6 is 0 Å². The van der Waals surface area contributed by atoms with Gasteiger partial charge in [0, 0.05) is 12.1 Å². The first-order valence-corrected chi connectivity index (χ1v) is 11.9. The van der Waals surface area contributed by atoms with E-state index in [1.165, 1.54) is 7.11 Å². The molecule has 1 aliphatic heterocycles. The van der Waals surface area contributed by atoms with Crippen molar-refractivity contribution in [1.82, 2.24) is 10.2 Å². The monoisotopic (exact) mass is 480 g/mol. The highest BCUT2D eigenvalue weighted by Crippen LogP contribution is 2.53. The van der Waals surface area contributed by atoms with Crippen LogP contribution in [-0.4, -0.2) is 36.9 Å². The molecular formula is C27H32N2O6. The number of nitrogens with one attached hydrogen (secondary N) is 1. The molecule has 1 saturated heterocycles. The average Bonchev–Trinajstić information content (AvgIpc) is 3.27. The zero-order chi connectivity index (χ0) is 25.0. The third-order valence-electron chi connectivity index (χ3n) is 6.96. The van der Waals surface area contributed by atoms with Crippen LogP contribution in [0, 0.1) is 18.3 Å². The number of fused-ring (bicyclic) bond motifs is 1. The maximum atomic E-state index is 13.8. The largest absolute Gasteiger partial charge is 0.497 e. The number of benzene rings is 1. The predicted octanol–water partition coefficient (Wildman–Crippen LogP) is 3.88. The molecule has 1 aromatic carbocycles. The molecule has 1 N–H and O–H groups in total. The Morgan fingerprint density at radius 1 is 1.14 bits per heavy atom. The van der Waals surface area contributed by atoms with E-state index >= 15 is 0 Å². The molecular weight excluding hydrogens is 448 g/mol. The summed E-state index contributed by atoms with van der Waals surface area (Å²) in [4.78, 5) is 41.8. The lowest BCUT2D eigenvalue weighted by Gasteiger charge is -2.31. The van der Waals surface area contributed by atoms with Crippen molar-refractivity contribution in [2.24, 2.45) is 11.3 Å². The molecule has 1 aromatic heterocycles. The van der Waals surface area contributed by atoms with Crippen LogP contribution in [0.25, 0.3) is 0 Å². The lowest BCUT2D eigenvalue weighted by atomic mass is 9.71. The summed E-state index contributed by atoms with van der Waals surface area (Å²) in [7, 11) is 2.94. The van der Waals surface area contributed by atoms with Gasteiger partial charge in [0.05, 0.1) is 33.2 Å². The van der Waals surface area contributed by atoms with Gasteiger partial charge in [-0.2, -0.15) is 0 Å². The molecule has 4 rings (SSSR count).